The summed E-state index contributed by atoms with van der Waals surface area (Å²) in [4.78, 5) is 30.2. The van der Waals surface area contributed by atoms with Crippen LogP contribution in [0.2, 0.25) is 0 Å². The molecule has 8 rings (SSSR count). The van der Waals surface area contributed by atoms with Crippen LogP contribution in [0.15, 0.2) is 29.4 Å². The van der Waals surface area contributed by atoms with Gasteiger partial charge in [-0.15, -0.1) is 0 Å². The molecular weight excluding hydrogens is 540 g/mol. The Bertz CT molecular complexity index is 1250. The fourth-order valence-electron chi connectivity index (χ4n) is 9.09. The maximum atomic E-state index is 14.0. The van der Waals surface area contributed by atoms with Crippen LogP contribution in [0.5, 0.6) is 0 Å². The number of nitrogens with zero attached hydrogens (tertiary/aromatic N) is 5. The molecule has 2 saturated heterocycles. The summed E-state index contributed by atoms with van der Waals surface area (Å²) >= 11 is 1.62. The van der Waals surface area contributed by atoms with Crippen molar-refractivity contribution in [1.29, 1.82) is 0 Å². The molecule has 2 aliphatic heterocycles. The van der Waals surface area contributed by atoms with Gasteiger partial charge in [-0.05, 0) is 99.8 Å². The minimum absolute atomic E-state index is 0.143. The molecule has 6 aliphatic rings. The van der Waals surface area contributed by atoms with Crippen LogP contribution in [0.4, 0.5) is 8.78 Å². The summed E-state index contributed by atoms with van der Waals surface area (Å²) in [6.07, 6.45) is 7.84. The van der Waals surface area contributed by atoms with E-state index in [2.05, 4.69) is 24.7 Å². The first kappa shape index (κ1) is 27.7. The van der Waals surface area contributed by atoms with Gasteiger partial charge in [-0.25, -0.2) is 18.7 Å². The lowest BCUT2D eigenvalue weighted by atomic mass is 9.54. The van der Waals surface area contributed by atoms with Crippen molar-refractivity contribution in [2.45, 2.75) is 81.4 Å². The standard InChI is InChI=1S/C32H41F2N5OS/c1-19-9-20(2)36-32(35-19)41-26-16-29(39(18-26)17-21-3-4-27(33)28(34)15-21)31(40)38-7-5-37(6-8-38)30-24-11-22-10-23(13-24)14-25(30)12-22/h3-4,9,15,22-26,29-30H,5-8,10-14,16-18H2,1-2H3/t22?,23?,24?,25?,26-,29-,30?/m0/s1. The van der Waals surface area contributed by atoms with Crippen molar-refractivity contribution < 1.29 is 13.6 Å². The molecule has 6 fully saturated rings. The molecule has 0 unspecified atom stereocenters. The molecule has 1 aromatic carbocycles. The van der Waals surface area contributed by atoms with Crippen LogP contribution in [-0.2, 0) is 11.3 Å². The summed E-state index contributed by atoms with van der Waals surface area (Å²) in [7, 11) is 0. The fraction of sp³-hybridized carbons (Fsp3) is 0.656. The highest BCUT2D eigenvalue weighted by molar-refractivity contribution is 7.99. The van der Waals surface area contributed by atoms with Gasteiger partial charge in [-0.1, -0.05) is 17.8 Å². The Labute approximate surface area is 246 Å². The molecule has 4 saturated carbocycles. The van der Waals surface area contributed by atoms with Crippen molar-refractivity contribution in [2.24, 2.45) is 23.7 Å². The highest BCUT2D eigenvalue weighted by Gasteiger charge is 2.50. The number of rotatable bonds is 6. The third kappa shape index (κ3) is 5.66. The lowest BCUT2D eigenvalue weighted by Crippen LogP contribution is -2.61. The molecule has 4 bridgehead atoms. The van der Waals surface area contributed by atoms with E-state index in [1.807, 2.05) is 19.9 Å². The zero-order valence-electron chi connectivity index (χ0n) is 24.1. The zero-order chi connectivity index (χ0) is 28.2. The van der Waals surface area contributed by atoms with E-state index in [4.69, 9.17) is 0 Å². The fourth-order valence-corrected chi connectivity index (χ4v) is 10.3. The van der Waals surface area contributed by atoms with Crippen molar-refractivity contribution in [3.05, 3.63) is 52.9 Å². The van der Waals surface area contributed by atoms with Crippen molar-refractivity contribution in [1.82, 2.24) is 24.7 Å². The number of carbonyl (C=O) groups is 1. The molecule has 1 aromatic heterocycles. The van der Waals surface area contributed by atoms with Crippen LogP contribution in [0.3, 0.4) is 0 Å². The van der Waals surface area contributed by atoms with Crippen LogP contribution in [0.1, 0.15) is 55.5 Å². The monoisotopic (exact) mass is 581 g/mol. The Balaban J connectivity index is 1.04. The smallest absolute Gasteiger partial charge is 0.240 e. The number of halogens is 2. The van der Waals surface area contributed by atoms with Crippen LogP contribution >= 0.6 is 11.8 Å². The first-order chi connectivity index (χ1) is 19.8. The minimum atomic E-state index is -0.847. The van der Waals surface area contributed by atoms with Crippen molar-refractivity contribution in [3.8, 4) is 0 Å². The Kier molecular flexibility index (Phi) is 7.57. The molecule has 6 nitrogen and oxygen atoms in total. The van der Waals surface area contributed by atoms with Crippen molar-refractivity contribution in [3.63, 3.8) is 0 Å². The first-order valence-electron chi connectivity index (χ1n) is 15.5. The largest absolute Gasteiger partial charge is 0.339 e. The molecule has 220 valence electrons. The van der Waals surface area contributed by atoms with Gasteiger partial charge in [0.15, 0.2) is 16.8 Å². The second-order valence-corrected chi connectivity index (χ2v) is 14.7. The number of carbonyl (C=O) groups excluding carboxylic acids is 1. The maximum Gasteiger partial charge on any atom is 0.240 e. The van der Waals surface area contributed by atoms with Crippen LogP contribution in [0, 0.1) is 49.2 Å². The van der Waals surface area contributed by atoms with Gasteiger partial charge in [-0.3, -0.25) is 14.6 Å². The summed E-state index contributed by atoms with van der Waals surface area (Å²) in [6, 6.07) is 6.44. The third-order valence-electron chi connectivity index (χ3n) is 10.5. The van der Waals surface area contributed by atoms with Crippen molar-refractivity contribution in [2.75, 3.05) is 32.7 Å². The average molecular weight is 582 g/mol. The number of thioether (sulfide) groups is 1. The Morgan fingerprint density at radius 3 is 2.17 bits per heavy atom. The topological polar surface area (TPSA) is 52.6 Å². The molecule has 2 atom stereocenters. The van der Waals surface area contributed by atoms with Crippen molar-refractivity contribution >= 4 is 17.7 Å². The summed E-state index contributed by atoms with van der Waals surface area (Å²) in [5.74, 6) is 2.14. The Morgan fingerprint density at radius 2 is 1.54 bits per heavy atom. The molecule has 3 heterocycles. The van der Waals surface area contributed by atoms with E-state index in [0.29, 0.717) is 25.1 Å². The zero-order valence-corrected chi connectivity index (χ0v) is 25.0. The second-order valence-electron chi connectivity index (χ2n) is 13.4. The summed E-state index contributed by atoms with van der Waals surface area (Å²) in [5, 5.41) is 0.877. The van der Waals surface area contributed by atoms with E-state index >= 15 is 0 Å². The summed E-state index contributed by atoms with van der Waals surface area (Å²) in [5.41, 5.74) is 2.55. The summed E-state index contributed by atoms with van der Waals surface area (Å²) in [6.45, 7) is 8.49. The van der Waals surface area contributed by atoms with Gasteiger partial charge in [0.1, 0.15) is 0 Å². The van der Waals surface area contributed by atoms with Crippen LogP contribution < -0.4 is 0 Å². The van der Waals surface area contributed by atoms with Gasteiger partial charge < -0.3 is 4.90 Å². The molecule has 1 amide bonds. The molecule has 0 radical (unpaired) electrons. The SMILES string of the molecule is Cc1cc(C)nc(S[C@H]2C[C@@H](C(=O)N3CCN(C4C5CC6CC(C5)CC4C6)CC3)N(Cc3ccc(F)c(F)c3)C2)n1. The van der Waals surface area contributed by atoms with E-state index in [1.165, 1.54) is 44.2 Å². The van der Waals surface area contributed by atoms with Crippen LogP contribution in [0.25, 0.3) is 0 Å². The highest BCUT2D eigenvalue weighted by Crippen LogP contribution is 2.55. The number of hydrogen-bond acceptors (Lipinski definition) is 6. The number of aryl methyl sites for hydroxylation is 2. The normalized spacial score (nSPS) is 33.6. The molecule has 0 N–H and O–H groups in total. The van der Waals surface area contributed by atoms with Gasteiger partial charge in [0.25, 0.3) is 0 Å². The van der Waals surface area contributed by atoms with E-state index < -0.39 is 11.6 Å². The molecule has 0 spiro atoms. The molecule has 2 aromatic rings. The molecule has 4 aliphatic carbocycles. The lowest BCUT2D eigenvalue weighted by molar-refractivity contribution is -0.140. The molecular formula is C32H41F2N5OS. The van der Waals surface area contributed by atoms with Gasteiger partial charge in [0.05, 0.1) is 6.04 Å². The van der Waals surface area contributed by atoms with Gasteiger partial charge in [-0.2, -0.15) is 0 Å². The van der Waals surface area contributed by atoms with Gasteiger partial charge in [0, 0.05) is 61.9 Å². The number of piperazine rings is 1. The number of likely N-dealkylation sites (tertiary alicyclic amines) is 1. The van der Waals surface area contributed by atoms with E-state index in [-0.39, 0.29) is 17.2 Å². The number of benzene rings is 1. The number of hydrogen-bond donors (Lipinski definition) is 0. The lowest BCUT2D eigenvalue weighted by Gasteiger charge is -2.58. The maximum absolute atomic E-state index is 14.0. The van der Waals surface area contributed by atoms with E-state index in [9.17, 15) is 13.6 Å². The van der Waals surface area contributed by atoms with E-state index in [0.717, 1.165) is 72.4 Å². The average Bonchev–Trinajstić information content (AvgIpc) is 3.31. The highest BCUT2D eigenvalue weighted by atomic mass is 32.2. The van der Waals surface area contributed by atoms with Gasteiger partial charge in [0.2, 0.25) is 5.91 Å². The first-order valence-corrected chi connectivity index (χ1v) is 16.4. The quantitative estimate of drug-likeness (QED) is 0.444. The summed E-state index contributed by atoms with van der Waals surface area (Å²) < 4.78 is 27.7. The van der Waals surface area contributed by atoms with E-state index in [1.54, 1.807) is 17.8 Å². The number of aromatic nitrogens is 2. The second kappa shape index (κ2) is 11.2. The Hall–Kier alpha value is -2.10. The molecule has 9 heteroatoms. The molecule has 41 heavy (non-hydrogen) atoms. The van der Waals surface area contributed by atoms with Crippen LogP contribution in [-0.4, -0.2) is 80.6 Å². The third-order valence-corrected chi connectivity index (χ3v) is 11.5. The predicted molar refractivity (Wildman–Crippen MR) is 155 cm³/mol. The Morgan fingerprint density at radius 1 is 0.878 bits per heavy atom. The number of amides is 1. The van der Waals surface area contributed by atoms with Gasteiger partial charge >= 0.3 is 0 Å². The minimum Gasteiger partial charge on any atom is -0.339 e. The predicted octanol–water partition coefficient (Wildman–Crippen LogP) is 5.08.